The fourth-order valence-electron chi connectivity index (χ4n) is 8.14. The molecule has 0 aromatic rings. The van der Waals surface area contributed by atoms with Crippen molar-refractivity contribution in [2.45, 2.75) is 84.2 Å². The number of esters is 1. The van der Waals surface area contributed by atoms with Gasteiger partial charge in [0.15, 0.2) is 0 Å². The molecule has 5 rings (SSSR count). The molecule has 5 fully saturated rings. The first kappa shape index (κ1) is 20.7. The number of hydrogen-bond donors (Lipinski definition) is 1. The molecule has 5 aliphatic rings. The van der Waals surface area contributed by atoms with Crippen LogP contribution in [0, 0.1) is 40.4 Å². The predicted octanol–water partition coefficient (Wildman–Crippen LogP) is 3.69. The Hall–Kier alpha value is -1.23. The minimum Gasteiger partial charge on any atom is -0.462 e. The van der Waals surface area contributed by atoms with Crippen LogP contribution in [0.1, 0.15) is 78.1 Å². The van der Waals surface area contributed by atoms with Crippen molar-refractivity contribution in [1.29, 1.82) is 0 Å². The van der Waals surface area contributed by atoms with Gasteiger partial charge in [-0.05, 0) is 87.0 Å². The zero-order chi connectivity index (χ0) is 21.1. The lowest BCUT2D eigenvalue weighted by atomic mass is 9.44. The van der Waals surface area contributed by atoms with Crippen LogP contribution in [-0.2, 0) is 19.1 Å². The maximum absolute atomic E-state index is 13.4. The lowest BCUT2D eigenvalue weighted by Crippen LogP contribution is -2.60. The average molecular weight is 416 g/mol. The number of Topliss-reactive ketones (excluding diaryl/α,β-unsaturated/α-hetero) is 2. The molecule has 1 saturated heterocycles. The molecule has 166 valence electrons. The Bertz CT molecular complexity index is 743. The summed E-state index contributed by atoms with van der Waals surface area (Å²) in [6, 6.07) is 0. The fraction of sp³-hybridized carbons (Fsp3) is 0.880. The number of carbonyl (C=O) groups is 3. The van der Waals surface area contributed by atoms with Crippen LogP contribution in [0.2, 0.25) is 0 Å². The van der Waals surface area contributed by atoms with Crippen molar-refractivity contribution in [1.82, 2.24) is 5.32 Å². The SMILES string of the molecule is C[C@@]12CCC[C@H]1[C@@H]1C(=O)C(=O)C3CC(OC(=O)C4CCCNC4)CC[C@]3(C)[C@@H]1CC2. The number of fused-ring (bicyclic) bond motifs is 5. The maximum atomic E-state index is 13.4. The Labute approximate surface area is 180 Å². The summed E-state index contributed by atoms with van der Waals surface area (Å²) in [5, 5.41) is 3.27. The molecule has 0 amide bonds. The van der Waals surface area contributed by atoms with E-state index in [1.807, 2.05) is 0 Å². The predicted molar refractivity (Wildman–Crippen MR) is 113 cm³/mol. The maximum Gasteiger partial charge on any atom is 0.310 e. The minimum atomic E-state index is -0.270. The molecule has 8 atom stereocenters. The Kier molecular flexibility index (Phi) is 5.11. The van der Waals surface area contributed by atoms with E-state index in [1.54, 1.807) is 0 Å². The number of carbonyl (C=O) groups excluding carboxylic acids is 3. The summed E-state index contributed by atoms with van der Waals surface area (Å²) in [6.45, 7) is 6.27. The van der Waals surface area contributed by atoms with Gasteiger partial charge in [-0.25, -0.2) is 0 Å². The van der Waals surface area contributed by atoms with Gasteiger partial charge in [0.1, 0.15) is 6.10 Å². The first-order chi connectivity index (χ1) is 14.3. The molecule has 0 aromatic heterocycles. The lowest BCUT2D eigenvalue weighted by molar-refractivity contribution is -0.176. The van der Waals surface area contributed by atoms with Gasteiger partial charge >= 0.3 is 5.97 Å². The van der Waals surface area contributed by atoms with Crippen molar-refractivity contribution in [3.8, 4) is 0 Å². The normalized spacial score (nSPS) is 48.5. The van der Waals surface area contributed by atoms with Crippen LogP contribution in [0.5, 0.6) is 0 Å². The Morgan fingerprint density at radius 1 is 0.967 bits per heavy atom. The highest BCUT2D eigenvalue weighted by atomic mass is 16.5. The van der Waals surface area contributed by atoms with Crippen LogP contribution in [0.4, 0.5) is 0 Å². The molecule has 4 aliphatic carbocycles. The Morgan fingerprint density at radius 3 is 2.57 bits per heavy atom. The molecule has 0 radical (unpaired) electrons. The first-order valence-electron chi connectivity index (χ1n) is 12.3. The van der Waals surface area contributed by atoms with Gasteiger partial charge in [-0.1, -0.05) is 20.3 Å². The van der Waals surface area contributed by atoms with Crippen LogP contribution < -0.4 is 5.32 Å². The topological polar surface area (TPSA) is 72.5 Å². The fourth-order valence-corrected chi connectivity index (χ4v) is 8.14. The molecule has 5 heteroatoms. The smallest absolute Gasteiger partial charge is 0.310 e. The molecule has 0 spiro atoms. The van der Waals surface area contributed by atoms with Gasteiger partial charge in [0.05, 0.1) is 5.92 Å². The standard InChI is InChI=1S/C25H37NO4/c1-24-9-3-6-17(24)20-18(8-10-24)25(2)11-7-16(13-19(25)21(27)22(20)28)30-23(29)15-5-4-12-26-14-15/h15-20,26H,3-14H2,1-2H3/t15?,16?,17-,18+,19?,20-,24-,25+/m0/s1. The highest BCUT2D eigenvalue weighted by Crippen LogP contribution is 2.64. The van der Waals surface area contributed by atoms with Gasteiger partial charge in [-0.2, -0.15) is 0 Å². The Balaban J connectivity index is 1.33. The third-order valence-electron chi connectivity index (χ3n) is 9.97. The zero-order valence-corrected chi connectivity index (χ0v) is 18.6. The van der Waals surface area contributed by atoms with Crippen molar-refractivity contribution in [2.24, 2.45) is 40.4 Å². The third-order valence-corrected chi connectivity index (χ3v) is 9.97. The van der Waals surface area contributed by atoms with Crippen molar-refractivity contribution in [2.75, 3.05) is 13.1 Å². The number of ketones is 2. The monoisotopic (exact) mass is 415 g/mol. The molecular weight excluding hydrogens is 378 g/mol. The highest BCUT2D eigenvalue weighted by Gasteiger charge is 2.63. The first-order valence-corrected chi connectivity index (χ1v) is 12.3. The average Bonchev–Trinajstić information content (AvgIpc) is 3.15. The molecule has 4 saturated carbocycles. The van der Waals surface area contributed by atoms with Gasteiger partial charge in [-0.15, -0.1) is 0 Å². The zero-order valence-electron chi connectivity index (χ0n) is 18.6. The number of hydrogen-bond acceptors (Lipinski definition) is 5. The number of rotatable bonds is 2. The van der Waals surface area contributed by atoms with Crippen LogP contribution in [-0.4, -0.2) is 36.7 Å². The summed E-state index contributed by atoms with van der Waals surface area (Å²) in [7, 11) is 0. The molecule has 0 bridgehead atoms. The van der Waals surface area contributed by atoms with E-state index in [9.17, 15) is 14.4 Å². The molecule has 3 unspecified atom stereocenters. The van der Waals surface area contributed by atoms with E-state index in [0.717, 1.165) is 45.1 Å². The van der Waals surface area contributed by atoms with E-state index >= 15 is 0 Å². The van der Waals surface area contributed by atoms with Crippen LogP contribution in [0.3, 0.4) is 0 Å². The summed E-state index contributed by atoms with van der Waals surface area (Å²) in [5.41, 5.74) is 0.135. The van der Waals surface area contributed by atoms with Crippen molar-refractivity contribution >= 4 is 17.5 Å². The second kappa shape index (κ2) is 7.43. The van der Waals surface area contributed by atoms with E-state index in [2.05, 4.69) is 19.2 Å². The van der Waals surface area contributed by atoms with Crippen molar-refractivity contribution < 1.29 is 19.1 Å². The second-order valence-corrected chi connectivity index (χ2v) is 11.5. The van der Waals surface area contributed by atoms with Crippen LogP contribution in [0.15, 0.2) is 0 Å². The molecule has 1 N–H and O–H groups in total. The summed E-state index contributed by atoms with van der Waals surface area (Å²) in [6.07, 6.45) is 9.68. The third kappa shape index (κ3) is 3.10. The largest absolute Gasteiger partial charge is 0.462 e. The van der Waals surface area contributed by atoms with E-state index in [0.29, 0.717) is 24.8 Å². The van der Waals surface area contributed by atoms with Gasteiger partial charge in [0.25, 0.3) is 0 Å². The van der Waals surface area contributed by atoms with Gasteiger partial charge < -0.3 is 10.1 Å². The molecule has 1 heterocycles. The molecular formula is C25H37NO4. The molecule has 0 aromatic carbocycles. The lowest BCUT2D eigenvalue weighted by Gasteiger charge is -2.58. The van der Waals surface area contributed by atoms with Gasteiger partial charge in [0.2, 0.25) is 11.6 Å². The van der Waals surface area contributed by atoms with Crippen molar-refractivity contribution in [3.05, 3.63) is 0 Å². The van der Waals surface area contributed by atoms with E-state index in [-0.39, 0.29) is 52.2 Å². The van der Waals surface area contributed by atoms with Gasteiger partial charge in [-0.3, -0.25) is 14.4 Å². The molecule has 1 aliphatic heterocycles. The van der Waals surface area contributed by atoms with E-state index < -0.39 is 0 Å². The number of nitrogens with one attached hydrogen (secondary N) is 1. The molecule has 30 heavy (non-hydrogen) atoms. The van der Waals surface area contributed by atoms with Crippen LogP contribution in [0.25, 0.3) is 0 Å². The summed E-state index contributed by atoms with van der Waals surface area (Å²) in [5.74, 6) is -0.0664. The summed E-state index contributed by atoms with van der Waals surface area (Å²) >= 11 is 0. The number of piperidine rings is 1. The van der Waals surface area contributed by atoms with Crippen LogP contribution >= 0.6 is 0 Å². The minimum absolute atomic E-state index is 0.0626. The van der Waals surface area contributed by atoms with E-state index in [4.69, 9.17) is 4.74 Å². The molecule has 5 nitrogen and oxygen atoms in total. The summed E-state index contributed by atoms with van der Waals surface area (Å²) in [4.78, 5) is 39.3. The Morgan fingerprint density at radius 2 is 1.80 bits per heavy atom. The van der Waals surface area contributed by atoms with Gasteiger partial charge in [0, 0.05) is 18.4 Å². The highest BCUT2D eigenvalue weighted by molar-refractivity contribution is 6.39. The van der Waals surface area contributed by atoms with E-state index in [1.165, 1.54) is 19.3 Å². The second-order valence-electron chi connectivity index (χ2n) is 11.5. The van der Waals surface area contributed by atoms with Crippen molar-refractivity contribution in [3.63, 3.8) is 0 Å². The quantitative estimate of drug-likeness (QED) is 0.550. The summed E-state index contributed by atoms with van der Waals surface area (Å²) < 4.78 is 5.89. The number of ether oxygens (including phenoxy) is 1.